The number of benzene rings is 2. The molecule has 6 nitrogen and oxygen atoms in total. The summed E-state index contributed by atoms with van der Waals surface area (Å²) in [7, 11) is 1.59. The van der Waals surface area contributed by atoms with E-state index < -0.39 is 6.04 Å². The van der Waals surface area contributed by atoms with Crippen molar-refractivity contribution in [3.63, 3.8) is 0 Å². The Hall–Kier alpha value is -3.28. The molecule has 0 radical (unpaired) electrons. The van der Waals surface area contributed by atoms with Gasteiger partial charge in [-0.2, -0.15) is 0 Å². The van der Waals surface area contributed by atoms with Gasteiger partial charge in [-0.15, -0.1) is 0 Å². The van der Waals surface area contributed by atoms with Gasteiger partial charge in [0.15, 0.2) is 11.5 Å². The average molecular weight is 425 g/mol. The summed E-state index contributed by atoms with van der Waals surface area (Å²) in [5.41, 5.74) is 1.79. The predicted octanol–water partition coefficient (Wildman–Crippen LogP) is 4.13. The van der Waals surface area contributed by atoms with Crippen LogP contribution in [0.4, 0.5) is 0 Å². The number of hydrogen-bond donors (Lipinski definition) is 2. The van der Waals surface area contributed by atoms with Gasteiger partial charge in [-0.25, -0.2) is 0 Å². The van der Waals surface area contributed by atoms with Crippen LogP contribution in [0.25, 0.3) is 6.08 Å². The molecule has 2 N–H and O–H groups in total. The SMILES string of the molecule is COc1cc(C(C)NC(=O)C(C)NC(=O)/C=C/c2ccccc2)ccc1OCC(C)C. The zero-order valence-electron chi connectivity index (χ0n) is 18.8. The fourth-order valence-electron chi connectivity index (χ4n) is 2.81. The van der Waals surface area contributed by atoms with Crippen LogP contribution in [-0.4, -0.2) is 31.6 Å². The van der Waals surface area contributed by atoms with Gasteiger partial charge in [0, 0.05) is 6.08 Å². The monoisotopic (exact) mass is 424 g/mol. The minimum absolute atomic E-state index is 0.264. The van der Waals surface area contributed by atoms with Crippen molar-refractivity contribution in [2.24, 2.45) is 5.92 Å². The van der Waals surface area contributed by atoms with E-state index in [0.29, 0.717) is 24.0 Å². The Balaban J connectivity index is 1.93. The van der Waals surface area contributed by atoms with E-state index in [9.17, 15) is 9.59 Å². The summed E-state index contributed by atoms with van der Waals surface area (Å²) >= 11 is 0. The van der Waals surface area contributed by atoms with E-state index in [0.717, 1.165) is 11.1 Å². The number of methoxy groups -OCH3 is 1. The summed E-state index contributed by atoms with van der Waals surface area (Å²) < 4.78 is 11.2. The van der Waals surface area contributed by atoms with Crippen LogP contribution in [0.2, 0.25) is 0 Å². The first-order valence-corrected chi connectivity index (χ1v) is 10.4. The Kier molecular flexibility index (Phi) is 9.13. The molecule has 0 saturated carbocycles. The minimum Gasteiger partial charge on any atom is -0.493 e. The van der Waals surface area contributed by atoms with Gasteiger partial charge in [0.1, 0.15) is 6.04 Å². The molecule has 2 aromatic carbocycles. The normalized spacial score (nSPS) is 13.0. The summed E-state index contributed by atoms with van der Waals surface area (Å²) in [6.45, 7) is 8.29. The third-order valence-corrected chi connectivity index (χ3v) is 4.60. The van der Waals surface area contributed by atoms with Crippen molar-refractivity contribution in [1.82, 2.24) is 10.6 Å². The highest BCUT2D eigenvalue weighted by molar-refractivity contribution is 5.95. The Morgan fingerprint density at radius 2 is 1.68 bits per heavy atom. The number of ether oxygens (including phenoxy) is 2. The Bertz CT molecular complexity index is 894. The first-order valence-electron chi connectivity index (χ1n) is 10.4. The smallest absolute Gasteiger partial charge is 0.244 e. The van der Waals surface area contributed by atoms with Crippen LogP contribution >= 0.6 is 0 Å². The molecule has 2 rings (SSSR count). The number of nitrogens with one attached hydrogen (secondary N) is 2. The van der Waals surface area contributed by atoms with Crippen molar-refractivity contribution in [2.75, 3.05) is 13.7 Å². The third-order valence-electron chi connectivity index (χ3n) is 4.60. The van der Waals surface area contributed by atoms with Crippen LogP contribution in [0, 0.1) is 5.92 Å². The lowest BCUT2D eigenvalue weighted by Crippen LogP contribution is -2.45. The molecular formula is C25H32N2O4. The van der Waals surface area contributed by atoms with Crippen LogP contribution in [-0.2, 0) is 9.59 Å². The van der Waals surface area contributed by atoms with Gasteiger partial charge < -0.3 is 20.1 Å². The van der Waals surface area contributed by atoms with E-state index in [1.54, 1.807) is 20.1 Å². The molecular weight excluding hydrogens is 392 g/mol. The Labute approximate surface area is 184 Å². The summed E-state index contributed by atoms with van der Waals surface area (Å²) in [5, 5.41) is 5.61. The first-order chi connectivity index (χ1) is 14.8. The van der Waals surface area contributed by atoms with E-state index in [1.807, 2.05) is 55.5 Å². The van der Waals surface area contributed by atoms with Gasteiger partial charge in [-0.05, 0) is 49.1 Å². The molecule has 2 amide bonds. The molecule has 0 aliphatic carbocycles. The molecule has 0 aliphatic rings. The molecule has 6 heteroatoms. The zero-order chi connectivity index (χ0) is 22.8. The second-order valence-corrected chi connectivity index (χ2v) is 7.82. The van der Waals surface area contributed by atoms with Gasteiger partial charge in [-0.3, -0.25) is 9.59 Å². The standard InChI is InChI=1S/C25H32N2O4/c1-17(2)16-31-22-13-12-21(15-23(22)30-5)18(3)27-25(29)19(4)26-24(28)14-11-20-9-7-6-8-10-20/h6-15,17-19H,16H2,1-5H3,(H,26,28)(H,27,29)/b14-11+. The van der Waals surface area contributed by atoms with Crippen LogP contribution in [0.1, 0.15) is 44.9 Å². The molecule has 0 aliphatic heterocycles. The van der Waals surface area contributed by atoms with Crippen LogP contribution in [0.15, 0.2) is 54.6 Å². The van der Waals surface area contributed by atoms with Crippen LogP contribution in [0.3, 0.4) is 0 Å². The van der Waals surface area contributed by atoms with E-state index in [-0.39, 0.29) is 17.9 Å². The molecule has 166 valence electrons. The molecule has 0 bridgehead atoms. The third kappa shape index (κ3) is 7.81. The number of hydrogen-bond acceptors (Lipinski definition) is 4. The summed E-state index contributed by atoms with van der Waals surface area (Å²) in [5.74, 6) is 1.10. The fraction of sp³-hybridized carbons (Fsp3) is 0.360. The first kappa shape index (κ1) is 24.0. The number of amides is 2. The van der Waals surface area contributed by atoms with Gasteiger partial charge in [0.2, 0.25) is 11.8 Å². The topological polar surface area (TPSA) is 76.7 Å². The molecule has 0 fully saturated rings. The van der Waals surface area contributed by atoms with Crippen molar-refractivity contribution in [2.45, 2.75) is 39.8 Å². The van der Waals surface area contributed by atoms with E-state index in [1.165, 1.54) is 6.08 Å². The molecule has 2 aromatic rings. The van der Waals surface area contributed by atoms with Gasteiger partial charge >= 0.3 is 0 Å². The van der Waals surface area contributed by atoms with E-state index in [4.69, 9.17) is 9.47 Å². The lowest BCUT2D eigenvalue weighted by atomic mass is 10.1. The van der Waals surface area contributed by atoms with E-state index in [2.05, 4.69) is 24.5 Å². The highest BCUT2D eigenvalue weighted by Gasteiger charge is 2.18. The molecule has 0 spiro atoms. The number of carbonyl (C=O) groups excluding carboxylic acids is 2. The highest BCUT2D eigenvalue weighted by atomic mass is 16.5. The average Bonchev–Trinajstić information content (AvgIpc) is 2.76. The lowest BCUT2D eigenvalue weighted by Gasteiger charge is -2.20. The predicted molar refractivity (Wildman–Crippen MR) is 123 cm³/mol. The largest absolute Gasteiger partial charge is 0.493 e. The molecule has 31 heavy (non-hydrogen) atoms. The number of rotatable bonds is 10. The number of carbonyl (C=O) groups is 2. The Morgan fingerprint density at radius 3 is 2.32 bits per heavy atom. The highest BCUT2D eigenvalue weighted by Crippen LogP contribution is 2.30. The summed E-state index contributed by atoms with van der Waals surface area (Å²) in [6, 6.07) is 14.2. The molecule has 2 unspecified atom stereocenters. The van der Waals surface area contributed by atoms with Crippen molar-refractivity contribution < 1.29 is 19.1 Å². The fourth-order valence-corrected chi connectivity index (χ4v) is 2.81. The molecule has 0 saturated heterocycles. The maximum Gasteiger partial charge on any atom is 0.244 e. The Morgan fingerprint density at radius 1 is 0.968 bits per heavy atom. The maximum absolute atomic E-state index is 12.5. The van der Waals surface area contributed by atoms with E-state index >= 15 is 0 Å². The minimum atomic E-state index is -0.675. The van der Waals surface area contributed by atoms with Gasteiger partial charge in [0.25, 0.3) is 0 Å². The molecule has 0 heterocycles. The second-order valence-electron chi connectivity index (χ2n) is 7.82. The van der Waals surface area contributed by atoms with Crippen molar-refractivity contribution >= 4 is 17.9 Å². The lowest BCUT2D eigenvalue weighted by molar-refractivity contribution is -0.127. The quantitative estimate of drug-likeness (QED) is 0.563. The zero-order valence-corrected chi connectivity index (χ0v) is 18.8. The van der Waals surface area contributed by atoms with Crippen molar-refractivity contribution in [3.05, 3.63) is 65.7 Å². The summed E-state index contributed by atoms with van der Waals surface area (Å²) in [4.78, 5) is 24.6. The van der Waals surface area contributed by atoms with Crippen LogP contribution in [0.5, 0.6) is 11.5 Å². The molecule has 2 atom stereocenters. The summed E-state index contributed by atoms with van der Waals surface area (Å²) in [6.07, 6.45) is 3.13. The maximum atomic E-state index is 12.5. The second kappa shape index (κ2) is 11.8. The van der Waals surface area contributed by atoms with Gasteiger partial charge in [0.05, 0.1) is 19.8 Å². The van der Waals surface area contributed by atoms with Crippen molar-refractivity contribution in [1.29, 1.82) is 0 Å². The molecule has 0 aromatic heterocycles. The van der Waals surface area contributed by atoms with Crippen molar-refractivity contribution in [3.8, 4) is 11.5 Å². The van der Waals surface area contributed by atoms with Crippen LogP contribution < -0.4 is 20.1 Å². The van der Waals surface area contributed by atoms with Gasteiger partial charge in [-0.1, -0.05) is 50.2 Å².